The molecule has 0 radical (unpaired) electrons. The topological polar surface area (TPSA) is 27.7 Å². The third-order valence-electron chi connectivity index (χ3n) is 3.76. The summed E-state index contributed by atoms with van der Waals surface area (Å²) in [5.41, 5.74) is 0. The van der Waals surface area contributed by atoms with Crippen molar-refractivity contribution in [2.45, 2.75) is 50.0 Å². The average Bonchev–Trinajstić information content (AvgIpc) is 2.32. The molecule has 1 heterocycles. The summed E-state index contributed by atoms with van der Waals surface area (Å²) in [6.07, 6.45) is 1.94. The molecule has 0 aromatic carbocycles. The summed E-state index contributed by atoms with van der Waals surface area (Å²) in [5, 5.41) is -0.830. The normalized spacial score (nSPS) is 33.9. The summed E-state index contributed by atoms with van der Waals surface area (Å²) in [6, 6.07) is 0.814. The third kappa shape index (κ3) is 1.94. The van der Waals surface area contributed by atoms with Crippen LogP contribution in [0.3, 0.4) is 0 Å². The molecule has 1 aliphatic rings. The molecule has 1 fully saturated rings. The maximum atomic E-state index is 14.3. The Balaban J connectivity index is 3.09. The summed E-state index contributed by atoms with van der Waals surface area (Å²) in [6.45, 7) is 2.03. The fourth-order valence-corrected chi connectivity index (χ4v) is 6.86. The van der Waals surface area contributed by atoms with E-state index in [0.717, 1.165) is 18.9 Å². The third-order valence-corrected chi connectivity index (χ3v) is 8.15. The maximum Gasteiger partial charge on any atom is 0.373 e. The quantitative estimate of drug-likeness (QED) is 0.702. The monoisotopic (exact) mass is 250 g/mol. The van der Waals surface area contributed by atoms with Crippen LogP contribution in [0.2, 0.25) is 6.04 Å². The van der Waals surface area contributed by atoms with E-state index in [9.17, 15) is 4.39 Å². The highest BCUT2D eigenvalue weighted by Crippen LogP contribution is 2.44. The van der Waals surface area contributed by atoms with Gasteiger partial charge in [0.1, 0.15) is 11.4 Å². The van der Waals surface area contributed by atoms with Crippen LogP contribution in [0.5, 0.6) is 0 Å². The largest absolute Gasteiger partial charge is 0.396 e. The van der Waals surface area contributed by atoms with Crippen molar-refractivity contribution in [2.75, 3.05) is 21.3 Å². The van der Waals surface area contributed by atoms with Crippen molar-refractivity contribution in [3.8, 4) is 0 Å². The van der Waals surface area contributed by atoms with Gasteiger partial charge >= 0.3 is 8.56 Å². The van der Waals surface area contributed by atoms with Gasteiger partial charge in [0.2, 0.25) is 0 Å². The lowest BCUT2D eigenvalue weighted by molar-refractivity contribution is -0.0645. The Morgan fingerprint density at radius 1 is 1.31 bits per heavy atom. The second kappa shape index (κ2) is 5.58. The predicted octanol–water partition coefficient (Wildman–Crippen LogP) is 2.58. The van der Waals surface area contributed by atoms with Gasteiger partial charge in [0.15, 0.2) is 0 Å². The first-order valence-electron chi connectivity index (χ1n) is 5.92. The van der Waals surface area contributed by atoms with Crippen LogP contribution in [-0.2, 0) is 13.6 Å². The fraction of sp³-hybridized carbons (Fsp3) is 1.00. The van der Waals surface area contributed by atoms with E-state index >= 15 is 0 Å². The highest BCUT2D eigenvalue weighted by molar-refractivity contribution is 6.71. The summed E-state index contributed by atoms with van der Waals surface area (Å²) < 4.78 is 31.1. The molecule has 1 aliphatic heterocycles. The van der Waals surface area contributed by atoms with Crippen molar-refractivity contribution < 1.29 is 18.0 Å². The van der Waals surface area contributed by atoms with E-state index in [-0.39, 0.29) is 0 Å². The molecule has 0 aromatic heterocycles. The molecular weight excluding hydrogens is 227 g/mol. The number of rotatable bonds is 5. The summed E-state index contributed by atoms with van der Waals surface area (Å²) in [5.74, 6) is 0. The maximum absolute atomic E-state index is 14.3. The van der Waals surface area contributed by atoms with Crippen molar-refractivity contribution in [1.29, 1.82) is 0 Å². The standard InChI is InChI=1S/C11H23FO3Si/c1-5-8-11(13-2)10(12)7-6-9-16(11,14-3)15-4/h10H,5-9H2,1-4H3. The molecule has 2 unspecified atom stereocenters. The summed E-state index contributed by atoms with van der Waals surface area (Å²) in [4.78, 5) is 0. The highest BCUT2D eigenvalue weighted by Gasteiger charge is 2.63. The molecule has 0 saturated carbocycles. The molecule has 2 atom stereocenters. The van der Waals surface area contributed by atoms with Gasteiger partial charge in [-0.2, -0.15) is 0 Å². The second-order valence-corrected chi connectivity index (χ2v) is 8.03. The van der Waals surface area contributed by atoms with E-state index in [1.165, 1.54) is 0 Å². The number of hydrogen-bond donors (Lipinski definition) is 0. The molecule has 5 heteroatoms. The molecule has 3 nitrogen and oxygen atoms in total. The van der Waals surface area contributed by atoms with Crippen molar-refractivity contribution in [3.05, 3.63) is 0 Å². The number of halogens is 1. The Labute approximate surface area is 98.5 Å². The van der Waals surface area contributed by atoms with E-state index in [1.807, 2.05) is 6.92 Å². The molecule has 16 heavy (non-hydrogen) atoms. The SMILES string of the molecule is CCCC1(OC)C(F)CCC[Si]1(OC)OC. The molecule has 0 aromatic rings. The Morgan fingerprint density at radius 3 is 2.38 bits per heavy atom. The lowest BCUT2D eigenvalue weighted by Crippen LogP contribution is -2.69. The lowest BCUT2D eigenvalue weighted by atomic mass is 10.0. The molecule has 0 bridgehead atoms. The summed E-state index contributed by atoms with van der Waals surface area (Å²) >= 11 is 0. The first-order valence-corrected chi connectivity index (χ1v) is 7.94. The average molecular weight is 250 g/mol. The fourth-order valence-electron chi connectivity index (χ4n) is 2.93. The van der Waals surface area contributed by atoms with Gasteiger partial charge in [0.25, 0.3) is 0 Å². The van der Waals surface area contributed by atoms with Crippen molar-refractivity contribution in [2.24, 2.45) is 0 Å². The molecule has 0 aliphatic carbocycles. The van der Waals surface area contributed by atoms with Gasteiger partial charge in [-0.15, -0.1) is 0 Å². The Morgan fingerprint density at radius 2 is 1.94 bits per heavy atom. The zero-order valence-electron chi connectivity index (χ0n) is 10.7. The minimum absolute atomic E-state index is 0.551. The van der Waals surface area contributed by atoms with Crippen LogP contribution in [0.4, 0.5) is 4.39 Å². The van der Waals surface area contributed by atoms with Gasteiger partial charge in [-0.25, -0.2) is 4.39 Å². The van der Waals surface area contributed by atoms with Crippen LogP contribution in [0, 0.1) is 0 Å². The molecule has 96 valence electrons. The second-order valence-electron chi connectivity index (χ2n) is 4.36. The Kier molecular flexibility index (Phi) is 4.91. The van der Waals surface area contributed by atoms with E-state index in [1.54, 1.807) is 21.3 Å². The van der Waals surface area contributed by atoms with Gasteiger partial charge in [-0.05, 0) is 25.3 Å². The van der Waals surface area contributed by atoms with Crippen LogP contribution in [0.1, 0.15) is 32.6 Å². The zero-order valence-corrected chi connectivity index (χ0v) is 11.7. The first kappa shape index (κ1) is 14.1. The number of hydrogen-bond acceptors (Lipinski definition) is 3. The molecule has 0 spiro atoms. The predicted molar refractivity (Wildman–Crippen MR) is 63.4 cm³/mol. The first-order chi connectivity index (χ1) is 7.62. The van der Waals surface area contributed by atoms with Gasteiger partial charge in [0, 0.05) is 21.3 Å². The Bertz CT molecular complexity index is 223. The molecule has 0 amide bonds. The van der Waals surface area contributed by atoms with E-state index in [0.29, 0.717) is 12.8 Å². The van der Waals surface area contributed by atoms with Crippen LogP contribution in [0.15, 0.2) is 0 Å². The van der Waals surface area contributed by atoms with Crippen LogP contribution >= 0.6 is 0 Å². The number of alkyl halides is 1. The zero-order chi connectivity index (χ0) is 12.2. The molecule has 0 N–H and O–H groups in total. The van der Waals surface area contributed by atoms with Gasteiger partial charge in [-0.3, -0.25) is 0 Å². The van der Waals surface area contributed by atoms with Crippen molar-refractivity contribution in [1.82, 2.24) is 0 Å². The number of ether oxygens (including phenoxy) is 1. The lowest BCUT2D eigenvalue weighted by Gasteiger charge is -2.49. The van der Waals surface area contributed by atoms with Crippen molar-refractivity contribution in [3.63, 3.8) is 0 Å². The Hall–Kier alpha value is 0.0269. The molecule has 1 rings (SSSR count). The van der Waals surface area contributed by atoms with Crippen LogP contribution in [-0.4, -0.2) is 41.3 Å². The smallest absolute Gasteiger partial charge is 0.373 e. The van der Waals surface area contributed by atoms with E-state index in [2.05, 4.69) is 0 Å². The van der Waals surface area contributed by atoms with Gasteiger partial charge in [-0.1, -0.05) is 13.3 Å². The number of methoxy groups -OCH3 is 1. The highest BCUT2D eigenvalue weighted by atomic mass is 28.4. The minimum atomic E-state index is -2.59. The van der Waals surface area contributed by atoms with E-state index < -0.39 is 20.0 Å². The van der Waals surface area contributed by atoms with Crippen molar-refractivity contribution >= 4 is 8.56 Å². The minimum Gasteiger partial charge on any atom is -0.396 e. The molecule has 1 saturated heterocycles. The van der Waals surface area contributed by atoms with Crippen LogP contribution < -0.4 is 0 Å². The summed E-state index contributed by atoms with van der Waals surface area (Å²) in [7, 11) is 2.23. The van der Waals surface area contributed by atoms with E-state index in [4.69, 9.17) is 13.6 Å². The van der Waals surface area contributed by atoms with Gasteiger partial charge in [0.05, 0.1) is 0 Å². The van der Waals surface area contributed by atoms with Crippen LogP contribution in [0.25, 0.3) is 0 Å². The van der Waals surface area contributed by atoms with Gasteiger partial charge < -0.3 is 13.6 Å². The molecular formula is C11H23FO3Si.